The summed E-state index contributed by atoms with van der Waals surface area (Å²) in [6, 6.07) is -0.0271. The fourth-order valence-corrected chi connectivity index (χ4v) is 2.23. The maximum atomic E-state index is 12.0. The minimum atomic E-state index is -4.54. The summed E-state index contributed by atoms with van der Waals surface area (Å²) in [5.41, 5.74) is 0. The Kier molecular flexibility index (Phi) is 2.92. The molecule has 4 unspecified atom stereocenters. The molecule has 4 atom stereocenters. The lowest BCUT2D eigenvalue weighted by Crippen LogP contribution is -2.45. The van der Waals surface area contributed by atoms with Gasteiger partial charge in [0.1, 0.15) is 0 Å². The van der Waals surface area contributed by atoms with E-state index >= 15 is 0 Å². The van der Waals surface area contributed by atoms with Gasteiger partial charge in [-0.15, -0.1) is 0 Å². The van der Waals surface area contributed by atoms with Crippen molar-refractivity contribution < 1.29 is 23.0 Å². The van der Waals surface area contributed by atoms with Gasteiger partial charge in [0.2, 0.25) is 0 Å². The van der Waals surface area contributed by atoms with Crippen molar-refractivity contribution in [3.8, 4) is 0 Å². The van der Waals surface area contributed by atoms with Crippen LogP contribution in [0.5, 0.6) is 0 Å². The van der Waals surface area contributed by atoms with Crippen molar-refractivity contribution in [3.05, 3.63) is 0 Å². The fourth-order valence-electron chi connectivity index (χ4n) is 2.23. The number of alkyl halides is 3. The van der Waals surface area contributed by atoms with Crippen molar-refractivity contribution in [2.75, 3.05) is 6.54 Å². The number of halogens is 3. The molecule has 0 aromatic rings. The van der Waals surface area contributed by atoms with Gasteiger partial charge in [-0.25, -0.2) is 0 Å². The van der Waals surface area contributed by atoms with Gasteiger partial charge in [-0.05, 0) is 19.3 Å². The van der Waals surface area contributed by atoms with E-state index in [2.05, 4.69) is 5.32 Å². The molecule has 0 aromatic heterocycles. The summed E-state index contributed by atoms with van der Waals surface area (Å²) in [6.45, 7) is -0.444. The van der Waals surface area contributed by atoms with Crippen LogP contribution in [0.15, 0.2) is 0 Å². The number of nitrogens with one attached hydrogen (secondary N) is 1. The first kappa shape index (κ1) is 11.2. The summed E-state index contributed by atoms with van der Waals surface area (Å²) in [6.07, 6.45) is -3.90. The summed E-state index contributed by atoms with van der Waals surface area (Å²) < 4.78 is 41.4. The first-order chi connectivity index (χ1) is 6.97. The number of hydrogen-bond acceptors (Lipinski definition) is 3. The van der Waals surface area contributed by atoms with Crippen molar-refractivity contribution in [1.29, 1.82) is 0 Å². The number of hydrogen-bond donors (Lipinski definition) is 2. The quantitative estimate of drug-likeness (QED) is 0.747. The minimum Gasteiger partial charge on any atom is -0.382 e. The molecule has 0 amide bonds. The van der Waals surface area contributed by atoms with Crippen LogP contribution in [-0.4, -0.2) is 42.2 Å². The van der Waals surface area contributed by atoms with Gasteiger partial charge in [0.25, 0.3) is 0 Å². The van der Waals surface area contributed by atoms with E-state index in [4.69, 9.17) is 9.84 Å². The number of rotatable bonds is 3. The Bertz CT molecular complexity index is 234. The lowest BCUT2D eigenvalue weighted by atomic mass is 9.95. The third-order valence-electron chi connectivity index (χ3n) is 3.06. The van der Waals surface area contributed by atoms with Gasteiger partial charge in [0, 0.05) is 12.6 Å². The smallest absolute Gasteiger partial charge is 0.382 e. The molecular weight excluding hydrogens is 211 g/mol. The molecule has 6 heteroatoms. The van der Waals surface area contributed by atoms with Crippen LogP contribution in [0.4, 0.5) is 13.2 Å². The molecule has 2 fully saturated rings. The highest BCUT2D eigenvalue weighted by molar-refractivity contribution is 4.94. The Labute approximate surface area is 85.6 Å². The highest BCUT2D eigenvalue weighted by atomic mass is 19.4. The largest absolute Gasteiger partial charge is 0.415 e. The zero-order valence-corrected chi connectivity index (χ0v) is 8.13. The first-order valence-corrected chi connectivity index (χ1v) is 5.10. The molecular formula is C9H14F3NO2. The fraction of sp³-hybridized carbons (Fsp3) is 1.00. The Balaban J connectivity index is 1.75. The van der Waals surface area contributed by atoms with Gasteiger partial charge in [-0.3, -0.25) is 0 Å². The molecule has 2 N–H and O–H groups in total. The Morgan fingerprint density at radius 1 is 1.40 bits per heavy atom. The predicted octanol–water partition coefficient (Wildman–Crippen LogP) is 0.819. The monoisotopic (exact) mass is 225 g/mol. The lowest BCUT2D eigenvalue weighted by Gasteiger charge is -2.22. The van der Waals surface area contributed by atoms with E-state index in [1.807, 2.05) is 0 Å². The van der Waals surface area contributed by atoms with Crippen molar-refractivity contribution in [3.63, 3.8) is 0 Å². The lowest BCUT2D eigenvalue weighted by molar-refractivity contribution is -0.202. The van der Waals surface area contributed by atoms with Gasteiger partial charge in [0.05, 0.1) is 12.2 Å². The highest BCUT2D eigenvalue weighted by Crippen LogP contribution is 2.34. The second-order valence-electron chi connectivity index (χ2n) is 4.18. The van der Waals surface area contributed by atoms with Crippen LogP contribution in [0.2, 0.25) is 0 Å². The minimum absolute atomic E-state index is 0.0271. The number of aliphatic hydroxyl groups excluding tert-OH is 1. The molecule has 0 spiro atoms. The third kappa shape index (κ3) is 2.43. The van der Waals surface area contributed by atoms with Crippen LogP contribution >= 0.6 is 0 Å². The molecule has 2 aliphatic heterocycles. The van der Waals surface area contributed by atoms with E-state index < -0.39 is 18.8 Å². The Hall–Kier alpha value is -0.330. The van der Waals surface area contributed by atoms with Crippen molar-refractivity contribution in [1.82, 2.24) is 5.32 Å². The molecule has 2 heterocycles. The van der Waals surface area contributed by atoms with Crippen LogP contribution in [-0.2, 0) is 4.74 Å². The predicted molar refractivity (Wildman–Crippen MR) is 46.4 cm³/mol. The van der Waals surface area contributed by atoms with Crippen LogP contribution in [0, 0.1) is 0 Å². The highest BCUT2D eigenvalue weighted by Gasteiger charge is 2.43. The zero-order chi connectivity index (χ0) is 11.1. The second kappa shape index (κ2) is 3.92. The summed E-state index contributed by atoms with van der Waals surface area (Å²) in [4.78, 5) is 0. The molecule has 0 saturated carbocycles. The average Bonchev–Trinajstić information content (AvgIpc) is 2.73. The van der Waals surface area contributed by atoms with E-state index in [1.54, 1.807) is 0 Å². The Morgan fingerprint density at radius 2 is 2.13 bits per heavy atom. The van der Waals surface area contributed by atoms with E-state index in [-0.39, 0.29) is 18.2 Å². The van der Waals surface area contributed by atoms with Gasteiger partial charge in [0.15, 0.2) is 6.10 Å². The molecule has 0 aromatic carbocycles. The molecule has 3 nitrogen and oxygen atoms in total. The summed E-state index contributed by atoms with van der Waals surface area (Å²) in [7, 11) is 0. The van der Waals surface area contributed by atoms with Crippen LogP contribution < -0.4 is 5.32 Å². The van der Waals surface area contributed by atoms with Crippen molar-refractivity contribution >= 4 is 0 Å². The van der Waals surface area contributed by atoms with E-state index in [0.717, 1.165) is 19.3 Å². The molecule has 0 aliphatic carbocycles. The molecule has 2 aliphatic rings. The molecule has 2 bridgehead atoms. The number of ether oxygens (including phenoxy) is 1. The number of fused-ring (bicyclic) bond motifs is 2. The number of aliphatic hydroxyl groups is 1. The van der Waals surface area contributed by atoms with E-state index in [1.165, 1.54) is 0 Å². The SMILES string of the molecule is OC(CNC1CC2CCC1O2)C(F)(F)F. The van der Waals surface area contributed by atoms with E-state index in [0.29, 0.717) is 0 Å². The van der Waals surface area contributed by atoms with Gasteiger partial charge >= 0.3 is 6.18 Å². The molecule has 2 rings (SSSR count). The standard InChI is InChI=1S/C9H14F3NO2/c10-9(11,12)8(14)4-13-6-3-5-1-2-7(6)15-5/h5-8,13-14H,1-4H2. The molecule has 0 radical (unpaired) electrons. The normalized spacial score (nSPS) is 37.2. The van der Waals surface area contributed by atoms with E-state index in [9.17, 15) is 13.2 Å². The van der Waals surface area contributed by atoms with Gasteiger partial charge < -0.3 is 15.2 Å². The van der Waals surface area contributed by atoms with Crippen molar-refractivity contribution in [2.24, 2.45) is 0 Å². The van der Waals surface area contributed by atoms with Crippen LogP contribution in [0.3, 0.4) is 0 Å². The van der Waals surface area contributed by atoms with Gasteiger partial charge in [-0.1, -0.05) is 0 Å². The first-order valence-electron chi connectivity index (χ1n) is 5.10. The van der Waals surface area contributed by atoms with Gasteiger partial charge in [-0.2, -0.15) is 13.2 Å². The summed E-state index contributed by atoms with van der Waals surface area (Å²) in [5, 5.41) is 11.5. The summed E-state index contributed by atoms with van der Waals surface area (Å²) >= 11 is 0. The van der Waals surface area contributed by atoms with Crippen LogP contribution in [0.25, 0.3) is 0 Å². The molecule has 15 heavy (non-hydrogen) atoms. The second-order valence-corrected chi connectivity index (χ2v) is 4.18. The molecule has 88 valence electrons. The summed E-state index contributed by atoms with van der Waals surface area (Å²) in [5.74, 6) is 0. The molecule has 2 saturated heterocycles. The Morgan fingerprint density at radius 3 is 2.60 bits per heavy atom. The van der Waals surface area contributed by atoms with Crippen LogP contribution in [0.1, 0.15) is 19.3 Å². The third-order valence-corrected chi connectivity index (χ3v) is 3.06. The topological polar surface area (TPSA) is 41.5 Å². The van der Waals surface area contributed by atoms with Crippen molar-refractivity contribution in [2.45, 2.75) is 49.8 Å². The zero-order valence-electron chi connectivity index (χ0n) is 8.13. The maximum absolute atomic E-state index is 12.0. The average molecular weight is 225 g/mol. The maximum Gasteiger partial charge on any atom is 0.415 e.